The molecule has 0 aliphatic carbocycles. The van der Waals surface area contributed by atoms with Gasteiger partial charge in [0.15, 0.2) is 0 Å². The van der Waals surface area contributed by atoms with Crippen molar-refractivity contribution >= 4 is 27.6 Å². The molecule has 2 N–H and O–H groups in total. The average molecular weight is 491 g/mol. The molecule has 0 aliphatic rings. The van der Waals surface area contributed by atoms with Gasteiger partial charge in [-0.15, -0.1) is 0 Å². The van der Waals surface area contributed by atoms with E-state index >= 15 is 0 Å². The minimum Gasteiger partial charge on any atom is -0.494 e. The summed E-state index contributed by atoms with van der Waals surface area (Å²) in [6.07, 6.45) is 1.45. The van der Waals surface area contributed by atoms with Gasteiger partial charge < -0.3 is 4.74 Å². The van der Waals surface area contributed by atoms with Gasteiger partial charge in [-0.3, -0.25) is 19.6 Å². The van der Waals surface area contributed by atoms with Crippen molar-refractivity contribution in [3.05, 3.63) is 99.5 Å². The summed E-state index contributed by atoms with van der Waals surface area (Å²) in [7, 11) is -2.40. The van der Waals surface area contributed by atoms with Gasteiger partial charge in [0.2, 0.25) is 0 Å². The van der Waals surface area contributed by atoms with Gasteiger partial charge in [0.05, 0.1) is 28.9 Å². The molecule has 0 amide bonds. The summed E-state index contributed by atoms with van der Waals surface area (Å²) in [6.45, 7) is 5.59. The third kappa shape index (κ3) is 5.04. The number of hydrogen-bond acceptors (Lipinski definition) is 5. The number of anilines is 1. The molecule has 0 spiro atoms. The summed E-state index contributed by atoms with van der Waals surface area (Å²) in [5.74, 6) is 0.265. The first-order valence-corrected chi connectivity index (χ1v) is 12.4. The zero-order valence-corrected chi connectivity index (χ0v) is 20.7. The van der Waals surface area contributed by atoms with Gasteiger partial charge in [0, 0.05) is 18.0 Å². The Morgan fingerprint density at radius 1 is 1.00 bits per heavy atom. The minimum atomic E-state index is -3.84. The Balaban J connectivity index is 1.63. The lowest BCUT2D eigenvalue weighted by Crippen LogP contribution is -2.17. The smallest absolute Gasteiger partial charge is 0.280 e. The second-order valence-electron chi connectivity index (χ2n) is 8.14. The quantitative estimate of drug-likeness (QED) is 0.368. The summed E-state index contributed by atoms with van der Waals surface area (Å²) in [5, 5.41) is 3.06. The molecule has 0 radical (unpaired) electrons. The Labute approximate surface area is 204 Å². The Morgan fingerprint density at radius 3 is 2.40 bits per heavy atom. The molecule has 8 nitrogen and oxygen atoms in total. The van der Waals surface area contributed by atoms with E-state index in [0.29, 0.717) is 22.6 Å². The van der Waals surface area contributed by atoms with Crippen LogP contribution in [0.3, 0.4) is 0 Å². The molecule has 3 aromatic carbocycles. The Hall–Kier alpha value is -4.11. The van der Waals surface area contributed by atoms with Crippen molar-refractivity contribution in [3.63, 3.8) is 0 Å². The number of methoxy groups -OCH3 is 1. The van der Waals surface area contributed by atoms with Gasteiger partial charge in [-0.25, -0.2) is 13.1 Å². The van der Waals surface area contributed by atoms with Crippen LogP contribution in [-0.4, -0.2) is 31.5 Å². The highest BCUT2D eigenvalue weighted by atomic mass is 32.2. The van der Waals surface area contributed by atoms with Gasteiger partial charge in [-0.05, 0) is 56.7 Å². The van der Waals surface area contributed by atoms with Crippen LogP contribution in [0.2, 0.25) is 0 Å². The molecule has 4 rings (SSSR count). The third-order valence-electron chi connectivity index (χ3n) is 5.59. The topological polar surface area (TPSA) is 106 Å². The number of aromatic amines is 1. The lowest BCUT2D eigenvalue weighted by atomic mass is 10.2. The van der Waals surface area contributed by atoms with Crippen LogP contribution in [0.5, 0.6) is 5.75 Å². The van der Waals surface area contributed by atoms with Crippen molar-refractivity contribution in [1.82, 2.24) is 9.78 Å². The van der Waals surface area contributed by atoms with Crippen LogP contribution >= 0.6 is 0 Å². The molecule has 0 bridgehead atoms. The van der Waals surface area contributed by atoms with Gasteiger partial charge in [-0.1, -0.05) is 35.9 Å². The summed E-state index contributed by atoms with van der Waals surface area (Å²) >= 11 is 0. The van der Waals surface area contributed by atoms with Crippen LogP contribution < -0.4 is 15.0 Å². The number of para-hydroxylation sites is 1. The first-order valence-electron chi connectivity index (χ1n) is 10.9. The maximum absolute atomic E-state index is 13.0. The van der Waals surface area contributed by atoms with Crippen LogP contribution in [0, 0.1) is 20.8 Å². The molecule has 4 aromatic rings. The fraction of sp³-hybridized carbons (Fsp3) is 0.154. The van der Waals surface area contributed by atoms with Crippen LogP contribution in [0.25, 0.3) is 5.69 Å². The highest BCUT2D eigenvalue weighted by Gasteiger charge is 2.18. The van der Waals surface area contributed by atoms with Gasteiger partial charge in [0.1, 0.15) is 11.4 Å². The fourth-order valence-corrected chi connectivity index (χ4v) is 4.69. The maximum atomic E-state index is 13.0. The van der Waals surface area contributed by atoms with E-state index in [9.17, 15) is 13.2 Å². The molecule has 0 atom stereocenters. The van der Waals surface area contributed by atoms with Crippen molar-refractivity contribution in [3.8, 4) is 11.4 Å². The van der Waals surface area contributed by atoms with Crippen molar-refractivity contribution in [2.75, 3.05) is 11.8 Å². The molecule has 9 heteroatoms. The number of rotatable bonds is 7. The van der Waals surface area contributed by atoms with Gasteiger partial charge in [0.25, 0.3) is 15.6 Å². The number of H-pyrrole nitrogens is 1. The molecule has 0 unspecified atom stereocenters. The molecule has 1 heterocycles. The van der Waals surface area contributed by atoms with Crippen molar-refractivity contribution in [2.45, 2.75) is 25.7 Å². The number of ether oxygens (including phenoxy) is 1. The number of sulfonamides is 1. The van der Waals surface area contributed by atoms with E-state index in [1.165, 1.54) is 30.1 Å². The third-order valence-corrected chi connectivity index (χ3v) is 6.96. The Morgan fingerprint density at radius 2 is 1.71 bits per heavy atom. The largest absolute Gasteiger partial charge is 0.494 e. The molecule has 35 heavy (non-hydrogen) atoms. The molecule has 0 saturated carbocycles. The van der Waals surface area contributed by atoms with Crippen LogP contribution in [0.15, 0.2) is 81.4 Å². The first-order chi connectivity index (χ1) is 16.7. The zero-order valence-electron chi connectivity index (χ0n) is 19.9. The molecule has 0 fully saturated rings. The van der Waals surface area contributed by atoms with Crippen molar-refractivity contribution in [2.24, 2.45) is 4.99 Å². The number of aryl methyl sites for hydroxylation is 3. The zero-order chi connectivity index (χ0) is 25.2. The van der Waals surface area contributed by atoms with Gasteiger partial charge in [-0.2, -0.15) is 0 Å². The monoisotopic (exact) mass is 490 g/mol. The Bertz CT molecular complexity index is 1570. The fourth-order valence-electron chi connectivity index (χ4n) is 3.54. The predicted molar refractivity (Wildman–Crippen MR) is 138 cm³/mol. The molecular formula is C26H26N4O4S. The number of nitrogens with zero attached hydrogens (tertiary/aromatic N) is 2. The number of aliphatic imine (C=N–C) groups is 1. The average Bonchev–Trinajstić information content (AvgIpc) is 3.12. The highest BCUT2D eigenvalue weighted by Crippen LogP contribution is 2.31. The number of aromatic nitrogens is 2. The maximum Gasteiger partial charge on any atom is 0.280 e. The highest BCUT2D eigenvalue weighted by molar-refractivity contribution is 7.92. The molecular weight excluding hydrogens is 464 g/mol. The summed E-state index contributed by atoms with van der Waals surface area (Å²) in [4.78, 5) is 17.4. The predicted octanol–water partition coefficient (Wildman–Crippen LogP) is 4.65. The molecule has 180 valence electrons. The minimum absolute atomic E-state index is 0.0381. The van der Waals surface area contributed by atoms with E-state index in [1.807, 2.05) is 50.2 Å². The number of benzene rings is 3. The standard InChI is InChI=1S/C26H26N4O4S/c1-17-9-11-20(12-10-17)30-26(31)22(19(3)28-30)16-27-24-14-13-21(15-25(24)34-4)35(32,33)29-23-8-6-5-7-18(23)2/h5-16,28-29H,1-4H3. The van der Waals surface area contributed by atoms with Crippen molar-refractivity contribution < 1.29 is 13.2 Å². The van der Waals surface area contributed by atoms with Crippen LogP contribution in [0.4, 0.5) is 11.4 Å². The number of nitrogens with one attached hydrogen (secondary N) is 2. The van der Waals surface area contributed by atoms with E-state index in [0.717, 1.165) is 16.8 Å². The van der Waals surface area contributed by atoms with Crippen molar-refractivity contribution in [1.29, 1.82) is 0 Å². The lowest BCUT2D eigenvalue weighted by molar-refractivity contribution is 0.415. The van der Waals surface area contributed by atoms with E-state index < -0.39 is 10.0 Å². The summed E-state index contributed by atoms with van der Waals surface area (Å²) in [5.41, 5.74) is 4.32. The molecule has 0 saturated heterocycles. The summed E-state index contributed by atoms with van der Waals surface area (Å²) < 4.78 is 35.3. The SMILES string of the molecule is COc1cc(S(=O)(=O)Nc2ccccc2C)ccc1N=Cc1c(C)[nH]n(-c2ccc(C)cc2)c1=O. The second kappa shape index (κ2) is 9.63. The lowest BCUT2D eigenvalue weighted by Gasteiger charge is -2.12. The molecule has 0 aliphatic heterocycles. The number of hydrogen-bond donors (Lipinski definition) is 2. The van der Waals surface area contributed by atoms with Crippen LogP contribution in [0.1, 0.15) is 22.4 Å². The van der Waals surface area contributed by atoms with E-state index in [4.69, 9.17) is 4.74 Å². The van der Waals surface area contributed by atoms with Gasteiger partial charge >= 0.3 is 0 Å². The summed E-state index contributed by atoms with van der Waals surface area (Å²) in [6, 6.07) is 19.1. The van der Waals surface area contributed by atoms with E-state index in [-0.39, 0.29) is 16.2 Å². The molecule has 1 aromatic heterocycles. The van der Waals surface area contributed by atoms with E-state index in [2.05, 4.69) is 14.8 Å². The van der Waals surface area contributed by atoms with E-state index in [1.54, 1.807) is 25.1 Å². The normalized spacial score (nSPS) is 11.7. The Kier molecular flexibility index (Phi) is 6.61. The first kappa shape index (κ1) is 24.0. The van der Waals surface area contributed by atoms with Crippen LogP contribution in [-0.2, 0) is 10.0 Å². The second-order valence-corrected chi connectivity index (χ2v) is 9.82.